The van der Waals surface area contributed by atoms with Crippen molar-refractivity contribution in [2.45, 2.75) is 101 Å². The summed E-state index contributed by atoms with van der Waals surface area (Å²) in [7, 11) is 0. The maximum atomic E-state index is 9.78. The monoisotopic (exact) mass is 603 g/mol. The van der Waals surface area contributed by atoms with Gasteiger partial charge in [0.25, 0.3) is 0 Å². The van der Waals surface area contributed by atoms with Crippen molar-refractivity contribution in [2.24, 2.45) is 23.2 Å². The SMILES string of the molecule is N#Cc1cnc(NCc2ccccc2Cl)nc1NC[C@]12CC3C[C@H](C1)[C@@H](N[C@H]1CC[C@@H](NC4CCOCC4)CC1)[C@@H](C3)C2. The lowest BCUT2D eigenvalue weighted by Crippen LogP contribution is -2.61. The van der Waals surface area contributed by atoms with Gasteiger partial charge in [-0.3, -0.25) is 0 Å². The standard InChI is InChI=1S/C34H46ClN7O/c35-30-4-2-1-3-23(30)19-37-33-38-20-26(18-36)32(42-33)39-21-34-15-22-13-24(16-34)31(25(14-22)17-34)41-28-7-5-27(6-8-28)40-29-9-11-43-12-10-29/h1-4,20,22,24-25,27-29,31,40-41H,5-17,19,21H2,(H2,37,38,39,42)/t22?,24-,25+,27-,28+,31-,34-. The van der Waals surface area contributed by atoms with Crippen molar-refractivity contribution in [3.05, 3.63) is 46.6 Å². The van der Waals surface area contributed by atoms with Crippen molar-refractivity contribution in [1.29, 1.82) is 5.26 Å². The lowest BCUT2D eigenvalue weighted by molar-refractivity contribution is -0.0730. The second kappa shape index (κ2) is 12.9. The number of nitriles is 1. The molecular weight excluding hydrogens is 558 g/mol. The number of anilines is 2. The summed E-state index contributed by atoms with van der Waals surface area (Å²) in [6.07, 6.45) is 15.7. The van der Waals surface area contributed by atoms with E-state index < -0.39 is 0 Å². The molecule has 1 aliphatic heterocycles. The van der Waals surface area contributed by atoms with Crippen LogP contribution in [0.2, 0.25) is 5.02 Å². The van der Waals surface area contributed by atoms with E-state index >= 15 is 0 Å². The smallest absolute Gasteiger partial charge is 0.224 e. The van der Waals surface area contributed by atoms with E-state index in [1.54, 1.807) is 6.20 Å². The third-order valence-corrected chi connectivity index (χ3v) is 11.6. The fourth-order valence-electron chi connectivity index (χ4n) is 9.35. The van der Waals surface area contributed by atoms with E-state index in [-0.39, 0.29) is 0 Å². The van der Waals surface area contributed by atoms with Gasteiger partial charge >= 0.3 is 0 Å². The molecular formula is C34H46ClN7O. The van der Waals surface area contributed by atoms with Crippen LogP contribution in [0.3, 0.4) is 0 Å². The summed E-state index contributed by atoms with van der Waals surface area (Å²) in [5.41, 5.74) is 1.78. The van der Waals surface area contributed by atoms with Gasteiger partial charge in [-0.25, -0.2) is 4.98 Å². The fraction of sp³-hybridized carbons (Fsp3) is 0.676. The van der Waals surface area contributed by atoms with Crippen LogP contribution < -0.4 is 21.3 Å². The zero-order chi connectivity index (χ0) is 29.2. The summed E-state index contributed by atoms with van der Waals surface area (Å²) in [4.78, 5) is 9.10. The Morgan fingerprint density at radius 2 is 1.60 bits per heavy atom. The van der Waals surface area contributed by atoms with Crippen LogP contribution in [0.1, 0.15) is 81.8 Å². The molecule has 0 spiro atoms. The molecule has 5 saturated carbocycles. The Labute approximate surface area is 261 Å². The predicted molar refractivity (Wildman–Crippen MR) is 170 cm³/mol. The van der Waals surface area contributed by atoms with Crippen molar-refractivity contribution >= 4 is 23.4 Å². The van der Waals surface area contributed by atoms with Gasteiger partial charge in [-0.05, 0) is 105 Å². The molecule has 8 nitrogen and oxygen atoms in total. The van der Waals surface area contributed by atoms with E-state index in [4.69, 9.17) is 21.3 Å². The van der Waals surface area contributed by atoms with Crippen molar-refractivity contribution in [3.63, 3.8) is 0 Å². The topological polar surface area (TPSA) is 107 Å². The Kier molecular flexibility index (Phi) is 8.78. The number of hydrogen-bond donors (Lipinski definition) is 4. The summed E-state index contributed by atoms with van der Waals surface area (Å²) >= 11 is 6.33. The number of hydrogen-bond acceptors (Lipinski definition) is 8. The zero-order valence-corrected chi connectivity index (χ0v) is 25.9. The van der Waals surface area contributed by atoms with Crippen molar-refractivity contribution in [1.82, 2.24) is 20.6 Å². The molecule has 0 amide bonds. The van der Waals surface area contributed by atoms with Gasteiger partial charge in [0.05, 0.1) is 6.20 Å². The Morgan fingerprint density at radius 3 is 2.33 bits per heavy atom. The average Bonchev–Trinajstić information content (AvgIpc) is 3.02. The first-order valence-electron chi connectivity index (χ1n) is 16.6. The van der Waals surface area contributed by atoms with E-state index in [2.05, 4.69) is 32.3 Å². The van der Waals surface area contributed by atoms with Crippen LogP contribution in [0.4, 0.5) is 11.8 Å². The normalized spacial score (nSPS) is 33.7. The van der Waals surface area contributed by atoms with E-state index in [1.807, 2.05) is 24.3 Å². The highest BCUT2D eigenvalue weighted by atomic mass is 35.5. The van der Waals surface area contributed by atoms with Gasteiger partial charge in [0.2, 0.25) is 5.95 Å². The van der Waals surface area contributed by atoms with E-state index in [0.29, 0.717) is 58.5 Å². The summed E-state index contributed by atoms with van der Waals surface area (Å²) in [5.74, 6) is 3.51. The molecule has 1 unspecified atom stereocenters. The molecule has 2 aromatic rings. The third-order valence-electron chi connectivity index (χ3n) is 11.2. The minimum Gasteiger partial charge on any atom is -0.381 e. The molecule has 0 radical (unpaired) electrons. The van der Waals surface area contributed by atoms with Gasteiger partial charge in [0.15, 0.2) is 0 Å². The number of nitrogens with zero attached hydrogens (tertiary/aromatic N) is 3. The minimum absolute atomic E-state index is 0.294. The minimum atomic E-state index is 0.294. The average molecular weight is 604 g/mol. The van der Waals surface area contributed by atoms with Gasteiger partial charge in [-0.15, -0.1) is 0 Å². The molecule has 1 aromatic carbocycles. The van der Waals surface area contributed by atoms with Crippen LogP contribution in [0.25, 0.3) is 0 Å². The quantitative estimate of drug-likeness (QED) is 0.266. The molecule has 43 heavy (non-hydrogen) atoms. The van der Waals surface area contributed by atoms with Crippen LogP contribution in [0.15, 0.2) is 30.5 Å². The summed E-state index contributed by atoms with van der Waals surface area (Å²) in [6.45, 7) is 3.24. The van der Waals surface area contributed by atoms with E-state index in [0.717, 1.165) is 55.9 Å². The van der Waals surface area contributed by atoms with Gasteiger partial charge in [-0.2, -0.15) is 10.2 Å². The molecule has 9 heteroatoms. The fourth-order valence-corrected chi connectivity index (χ4v) is 9.55. The van der Waals surface area contributed by atoms with Gasteiger partial charge in [-0.1, -0.05) is 29.8 Å². The van der Waals surface area contributed by atoms with Crippen LogP contribution in [-0.2, 0) is 11.3 Å². The van der Waals surface area contributed by atoms with Gasteiger partial charge in [0, 0.05) is 55.5 Å². The molecule has 1 aromatic heterocycles. The van der Waals surface area contributed by atoms with E-state index in [1.165, 1.54) is 57.8 Å². The van der Waals surface area contributed by atoms with Crippen molar-refractivity contribution in [3.8, 4) is 6.07 Å². The predicted octanol–water partition coefficient (Wildman–Crippen LogP) is 5.89. The lowest BCUT2D eigenvalue weighted by Gasteiger charge is -2.61. The van der Waals surface area contributed by atoms with Gasteiger partial charge in [0.1, 0.15) is 17.5 Å². The molecule has 5 aliphatic carbocycles. The Bertz CT molecular complexity index is 1290. The number of ether oxygens (including phenoxy) is 1. The first-order chi connectivity index (χ1) is 21.1. The summed E-state index contributed by atoms with van der Waals surface area (Å²) < 4.78 is 5.54. The van der Waals surface area contributed by atoms with Crippen LogP contribution >= 0.6 is 11.6 Å². The highest BCUT2D eigenvalue weighted by Gasteiger charge is 2.55. The van der Waals surface area contributed by atoms with Crippen LogP contribution in [0.5, 0.6) is 0 Å². The third kappa shape index (κ3) is 6.66. The van der Waals surface area contributed by atoms with Crippen LogP contribution in [-0.4, -0.2) is 53.9 Å². The van der Waals surface area contributed by atoms with Gasteiger partial charge < -0.3 is 26.0 Å². The summed E-state index contributed by atoms with van der Waals surface area (Å²) in [6, 6.07) is 12.7. The molecule has 6 fully saturated rings. The highest BCUT2D eigenvalue weighted by Crippen LogP contribution is 2.60. The van der Waals surface area contributed by atoms with Crippen molar-refractivity contribution in [2.75, 3.05) is 30.4 Å². The maximum absolute atomic E-state index is 9.78. The number of nitrogens with one attached hydrogen (secondary N) is 4. The number of aromatic nitrogens is 2. The molecule has 5 atom stereocenters. The second-order valence-corrected chi connectivity index (χ2v) is 14.5. The molecule has 1 saturated heterocycles. The van der Waals surface area contributed by atoms with Crippen molar-refractivity contribution < 1.29 is 4.74 Å². The first kappa shape index (κ1) is 29.3. The maximum Gasteiger partial charge on any atom is 0.224 e. The zero-order valence-electron chi connectivity index (χ0n) is 25.2. The highest BCUT2D eigenvalue weighted by molar-refractivity contribution is 6.31. The molecule has 6 aliphatic rings. The molecule has 8 rings (SSSR count). The number of benzene rings is 1. The molecule has 4 bridgehead atoms. The lowest BCUT2D eigenvalue weighted by atomic mass is 9.47. The Balaban J connectivity index is 0.937. The summed E-state index contributed by atoms with van der Waals surface area (Å²) in [5, 5.41) is 25.6. The largest absolute Gasteiger partial charge is 0.381 e. The molecule has 2 heterocycles. The Hall–Kier alpha value is -2.44. The Morgan fingerprint density at radius 1 is 0.907 bits per heavy atom. The van der Waals surface area contributed by atoms with Crippen LogP contribution in [0, 0.1) is 34.5 Å². The van der Waals surface area contributed by atoms with E-state index in [9.17, 15) is 5.26 Å². The molecule has 230 valence electrons. The number of rotatable bonds is 10. The molecule has 4 N–H and O–H groups in total. The number of halogens is 1. The second-order valence-electron chi connectivity index (χ2n) is 14.1. The first-order valence-corrected chi connectivity index (χ1v) is 17.0.